The number of hydrogen-bond acceptors (Lipinski definition) is 6. The van der Waals surface area contributed by atoms with E-state index in [0.29, 0.717) is 5.82 Å². The highest BCUT2D eigenvalue weighted by Gasteiger charge is 2.28. The van der Waals surface area contributed by atoms with Crippen molar-refractivity contribution in [1.29, 1.82) is 0 Å². The van der Waals surface area contributed by atoms with Gasteiger partial charge in [0.1, 0.15) is 17.8 Å². The van der Waals surface area contributed by atoms with Gasteiger partial charge in [0, 0.05) is 30.7 Å². The summed E-state index contributed by atoms with van der Waals surface area (Å²) >= 11 is 0. The van der Waals surface area contributed by atoms with Crippen LogP contribution in [0.3, 0.4) is 0 Å². The second-order valence-corrected chi connectivity index (χ2v) is 5.89. The van der Waals surface area contributed by atoms with Crippen LogP contribution in [0.1, 0.15) is 30.3 Å². The van der Waals surface area contributed by atoms with Crippen LogP contribution in [-0.2, 0) is 0 Å². The second kappa shape index (κ2) is 6.31. The van der Waals surface area contributed by atoms with Crippen molar-refractivity contribution in [2.75, 3.05) is 11.4 Å². The third-order valence-electron chi connectivity index (χ3n) is 4.25. The Morgan fingerprint density at radius 3 is 2.83 bits per heavy atom. The zero-order valence-electron chi connectivity index (χ0n) is 13.5. The summed E-state index contributed by atoms with van der Waals surface area (Å²) in [6.07, 6.45) is 7.38. The molecule has 0 unspecified atom stereocenters. The third-order valence-corrected chi connectivity index (χ3v) is 4.25. The fraction of sp³-hybridized carbons (Fsp3) is 0.278. The summed E-state index contributed by atoms with van der Waals surface area (Å²) in [4.78, 5) is 24.4. The molecule has 0 amide bonds. The molecule has 0 N–H and O–H groups in total. The minimum Gasteiger partial charge on any atom is -0.348 e. The van der Waals surface area contributed by atoms with Gasteiger partial charge in [-0.15, -0.1) is 0 Å². The first-order valence-corrected chi connectivity index (χ1v) is 8.11. The van der Waals surface area contributed by atoms with Crippen LogP contribution in [0.4, 0.5) is 5.82 Å². The van der Waals surface area contributed by atoms with Crippen LogP contribution in [0.25, 0.3) is 11.5 Å². The Bertz CT molecular complexity index is 836. The Morgan fingerprint density at radius 2 is 2.00 bits per heavy atom. The molecule has 1 aliphatic rings. The van der Waals surface area contributed by atoms with Gasteiger partial charge in [0.05, 0.1) is 11.7 Å². The maximum atomic E-state index is 4.76. The maximum absolute atomic E-state index is 4.76. The average Bonchev–Trinajstić information content (AvgIpc) is 3.12. The minimum absolute atomic E-state index is 0.213. The van der Waals surface area contributed by atoms with Gasteiger partial charge in [-0.2, -0.15) is 0 Å². The number of pyridine rings is 1. The van der Waals surface area contributed by atoms with Gasteiger partial charge in [0.15, 0.2) is 5.82 Å². The Hall–Kier alpha value is -2.89. The molecule has 3 aromatic heterocycles. The highest BCUT2D eigenvalue weighted by atomic mass is 15.2. The molecular formula is C18H18N6. The molecule has 0 radical (unpaired) electrons. The summed E-state index contributed by atoms with van der Waals surface area (Å²) in [5, 5.41) is 0. The van der Waals surface area contributed by atoms with Gasteiger partial charge >= 0.3 is 0 Å². The third kappa shape index (κ3) is 2.82. The lowest BCUT2D eigenvalue weighted by atomic mass is 10.1. The van der Waals surface area contributed by atoms with E-state index in [4.69, 9.17) is 4.98 Å². The lowest BCUT2D eigenvalue weighted by Gasteiger charge is -2.25. The van der Waals surface area contributed by atoms with Gasteiger partial charge in [0.25, 0.3) is 0 Å². The predicted molar refractivity (Wildman–Crippen MR) is 91.4 cm³/mol. The number of rotatable bonds is 3. The van der Waals surface area contributed by atoms with Crippen molar-refractivity contribution in [2.24, 2.45) is 0 Å². The number of aromatic nitrogens is 5. The number of anilines is 1. The Kier molecular flexibility index (Phi) is 3.86. The van der Waals surface area contributed by atoms with Crippen LogP contribution >= 0.6 is 0 Å². The summed E-state index contributed by atoms with van der Waals surface area (Å²) in [6.45, 7) is 2.96. The number of aryl methyl sites for hydroxylation is 1. The van der Waals surface area contributed by atoms with Crippen LogP contribution in [0.15, 0.2) is 49.1 Å². The van der Waals surface area contributed by atoms with Crippen molar-refractivity contribution in [2.45, 2.75) is 25.8 Å². The first kappa shape index (κ1) is 14.7. The van der Waals surface area contributed by atoms with E-state index in [0.717, 1.165) is 42.3 Å². The molecule has 6 nitrogen and oxygen atoms in total. The molecule has 120 valence electrons. The summed E-state index contributed by atoms with van der Waals surface area (Å²) < 4.78 is 0. The average molecular weight is 318 g/mol. The van der Waals surface area contributed by atoms with Crippen molar-refractivity contribution >= 4 is 5.82 Å². The topological polar surface area (TPSA) is 67.7 Å². The molecule has 1 saturated heterocycles. The van der Waals surface area contributed by atoms with Crippen molar-refractivity contribution in [3.05, 3.63) is 60.4 Å². The molecule has 0 aliphatic carbocycles. The Balaban J connectivity index is 1.68. The van der Waals surface area contributed by atoms with E-state index in [1.54, 1.807) is 12.5 Å². The van der Waals surface area contributed by atoms with Crippen molar-refractivity contribution in [1.82, 2.24) is 24.9 Å². The van der Waals surface area contributed by atoms with Crippen molar-refractivity contribution in [3.8, 4) is 11.5 Å². The van der Waals surface area contributed by atoms with Crippen LogP contribution in [0.2, 0.25) is 0 Å². The van der Waals surface area contributed by atoms with Gasteiger partial charge in [-0.1, -0.05) is 6.07 Å². The van der Waals surface area contributed by atoms with Crippen LogP contribution in [0, 0.1) is 6.92 Å². The van der Waals surface area contributed by atoms with Crippen molar-refractivity contribution < 1.29 is 0 Å². The first-order chi connectivity index (χ1) is 11.8. The Labute approximate surface area is 140 Å². The monoisotopic (exact) mass is 318 g/mol. The van der Waals surface area contributed by atoms with E-state index in [9.17, 15) is 0 Å². The van der Waals surface area contributed by atoms with E-state index in [2.05, 4.69) is 24.8 Å². The molecule has 4 heterocycles. The first-order valence-electron chi connectivity index (χ1n) is 8.11. The quantitative estimate of drug-likeness (QED) is 0.739. The highest BCUT2D eigenvalue weighted by molar-refractivity contribution is 5.49. The molecule has 1 atom stereocenters. The van der Waals surface area contributed by atoms with E-state index < -0.39 is 0 Å². The molecule has 0 aromatic carbocycles. The number of hydrogen-bond donors (Lipinski definition) is 0. The summed E-state index contributed by atoms with van der Waals surface area (Å²) in [5.74, 6) is 1.63. The number of nitrogens with zero attached hydrogens (tertiary/aromatic N) is 6. The predicted octanol–water partition coefficient (Wildman–Crippen LogP) is 2.98. The SMILES string of the molecule is Cc1cc(N2CCC[C@H]2c2ccnc(-c3ccccn3)n2)ncn1. The fourth-order valence-electron chi connectivity index (χ4n) is 3.12. The lowest BCUT2D eigenvalue weighted by molar-refractivity contribution is 0.684. The fourth-order valence-corrected chi connectivity index (χ4v) is 3.12. The van der Waals surface area contributed by atoms with Gasteiger partial charge in [0.2, 0.25) is 0 Å². The molecule has 1 fully saturated rings. The molecule has 4 rings (SSSR count). The molecule has 6 heteroatoms. The summed E-state index contributed by atoms with van der Waals surface area (Å²) in [5.41, 5.74) is 2.78. The summed E-state index contributed by atoms with van der Waals surface area (Å²) in [6, 6.07) is 10.00. The second-order valence-electron chi connectivity index (χ2n) is 5.89. The van der Waals surface area contributed by atoms with E-state index in [1.807, 2.05) is 43.5 Å². The lowest BCUT2D eigenvalue weighted by Crippen LogP contribution is -2.24. The molecule has 0 spiro atoms. The largest absolute Gasteiger partial charge is 0.348 e. The van der Waals surface area contributed by atoms with Crippen LogP contribution in [-0.4, -0.2) is 31.5 Å². The van der Waals surface area contributed by atoms with Crippen molar-refractivity contribution in [3.63, 3.8) is 0 Å². The van der Waals surface area contributed by atoms with Crippen LogP contribution < -0.4 is 4.90 Å². The van der Waals surface area contributed by atoms with Gasteiger partial charge < -0.3 is 4.90 Å². The smallest absolute Gasteiger partial charge is 0.178 e. The standard InChI is InChI=1S/C18H18N6/c1-13-11-17(22-12-21-13)24-10-4-6-16(24)14-7-9-20-18(23-14)15-5-2-3-8-19-15/h2-3,5,7-9,11-12,16H,4,6,10H2,1H3/t16-/m0/s1. The van der Waals surface area contributed by atoms with E-state index in [1.165, 1.54) is 0 Å². The molecular weight excluding hydrogens is 300 g/mol. The normalized spacial score (nSPS) is 17.2. The van der Waals surface area contributed by atoms with Crippen LogP contribution in [0.5, 0.6) is 0 Å². The molecule has 1 aliphatic heterocycles. The van der Waals surface area contributed by atoms with Gasteiger partial charge in [-0.05, 0) is 38.0 Å². The highest BCUT2D eigenvalue weighted by Crippen LogP contribution is 2.34. The Morgan fingerprint density at radius 1 is 1.04 bits per heavy atom. The van der Waals surface area contributed by atoms with E-state index in [-0.39, 0.29) is 6.04 Å². The molecule has 0 bridgehead atoms. The zero-order valence-corrected chi connectivity index (χ0v) is 13.5. The summed E-state index contributed by atoms with van der Waals surface area (Å²) in [7, 11) is 0. The molecule has 24 heavy (non-hydrogen) atoms. The van der Waals surface area contributed by atoms with E-state index >= 15 is 0 Å². The minimum atomic E-state index is 0.213. The maximum Gasteiger partial charge on any atom is 0.178 e. The van der Waals surface area contributed by atoms with Gasteiger partial charge in [-0.25, -0.2) is 19.9 Å². The van der Waals surface area contributed by atoms with Gasteiger partial charge in [-0.3, -0.25) is 4.98 Å². The molecule has 3 aromatic rings. The molecule has 0 saturated carbocycles. The zero-order chi connectivity index (χ0) is 16.4.